The predicted molar refractivity (Wildman–Crippen MR) is 175 cm³/mol. The number of rotatable bonds is 12. The number of nitrogens with one attached hydrogen (secondary N) is 2. The van der Waals surface area contributed by atoms with Gasteiger partial charge < -0.3 is 19.3 Å². The van der Waals surface area contributed by atoms with Gasteiger partial charge in [0, 0.05) is 23.5 Å². The molecule has 0 fully saturated rings. The van der Waals surface area contributed by atoms with Gasteiger partial charge in [0.25, 0.3) is 11.1 Å². The highest BCUT2D eigenvalue weighted by Gasteiger charge is 2.42. The van der Waals surface area contributed by atoms with Crippen LogP contribution in [0.2, 0.25) is 0 Å². The molecule has 0 aliphatic heterocycles. The van der Waals surface area contributed by atoms with Crippen molar-refractivity contribution in [2.75, 3.05) is 14.2 Å². The number of methoxy groups -OCH3 is 2. The fourth-order valence-electron chi connectivity index (χ4n) is 5.51. The zero-order chi connectivity index (χ0) is 33.7. The lowest BCUT2D eigenvalue weighted by Gasteiger charge is -2.40. The van der Waals surface area contributed by atoms with Gasteiger partial charge in [0.05, 0.1) is 33.4 Å². The standard InChI is InChI=1S/C35H36N4O8/c1-22-18-38(33(43)36-31(22)41)20-29(40)30(21-39-19-23(2)32(42)37-34(39)44)47-35(24-8-6-5-7-9-24,25-10-14-27(45-3)15-11-25)26-12-16-28(46-4)17-13-26/h5-19,29-30,40H,20-21H2,1-4H3,(H,36,41,43)(H,37,42,44)/t29-,30+/m0/s1. The summed E-state index contributed by atoms with van der Waals surface area (Å²) in [6.07, 6.45) is 0.166. The molecule has 2 aromatic heterocycles. The first-order valence-electron chi connectivity index (χ1n) is 14.9. The second kappa shape index (κ2) is 13.9. The normalized spacial score (nSPS) is 12.8. The molecule has 5 aromatic rings. The predicted octanol–water partition coefficient (Wildman–Crippen LogP) is 2.46. The summed E-state index contributed by atoms with van der Waals surface area (Å²) in [4.78, 5) is 54.6. The summed E-state index contributed by atoms with van der Waals surface area (Å²) in [6, 6.07) is 24.0. The van der Waals surface area contributed by atoms with E-state index >= 15 is 0 Å². The van der Waals surface area contributed by atoms with Gasteiger partial charge in [-0.25, -0.2) is 9.59 Å². The van der Waals surface area contributed by atoms with Gasteiger partial charge in [-0.15, -0.1) is 0 Å². The van der Waals surface area contributed by atoms with Crippen LogP contribution in [0.25, 0.3) is 0 Å². The number of H-pyrrole nitrogens is 2. The average molecular weight is 641 g/mol. The number of aryl methyl sites for hydroxylation is 2. The fourth-order valence-corrected chi connectivity index (χ4v) is 5.51. The Morgan fingerprint density at radius 3 is 1.53 bits per heavy atom. The van der Waals surface area contributed by atoms with Crippen molar-refractivity contribution in [2.45, 2.75) is 44.7 Å². The summed E-state index contributed by atoms with van der Waals surface area (Å²) in [6.45, 7) is 2.61. The molecule has 0 spiro atoms. The molecule has 0 aliphatic rings. The highest BCUT2D eigenvalue weighted by molar-refractivity contribution is 5.50. The first-order valence-corrected chi connectivity index (χ1v) is 14.9. The van der Waals surface area contributed by atoms with E-state index in [9.17, 15) is 24.3 Å². The maximum Gasteiger partial charge on any atom is 0.328 e. The summed E-state index contributed by atoms with van der Waals surface area (Å²) in [5.74, 6) is 1.23. The molecule has 244 valence electrons. The number of benzene rings is 3. The van der Waals surface area contributed by atoms with Crippen molar-refractivity contribution in [1.29, 1.82) is 0 Å². The van der Waals surface area contributed by atoms with Crippen molar-refractivity contribution in [3.8, 4) is 11.5 Å². The Labute approximate surface area is 269 Å². The fraction of sp³-hybridized carbons (Fsp3) is 0.257. The summed E-state index contributed by atoms with van der Waals surface area (Å²) in [5, 5.41) is 11.9. The molecule has 0 aliphatic carbocycles. The summed E-state index contributed by atoms with van der Waals surface area (Å²) < 4.78 is 20.4. The van der Waals surface area contributed by atoms with Crippen LogP contribution in [0, 0.1) is 13.8 Å². The second-order valence-electron chi connectivity index (χ2n) is 11.2. The second-order valence-corrected chi connectivity index (χ2v) is 11.2. The molecule has 0 amide bonds. The van der Waals surface area contributed by atoms with Crippen molar-refractivity contribution in [2.24, 2.45) is 0 Å². The van der Waals surface area contributed by atoms with Gasteiger partial charge in [0.15, 0.2) is 0 Å². The van der Waals surface area contributed by atoms with Crippen LogP contribution in [0.1, 0.15) is 27.8 Å². The van der Waals surface area contributed by atoms with Crippen LogP contribution >= 0.6 is 0 Å². The quantitative estimate of drug-likeness (QED) is 0.176. The van der Waals surface area contributed by atoms with Crippen molar-refractivity contribution in [3.05, 3.63) is 161 Å². The summed E-state index contributed by atoms with van der Waals surface area (Å²) >= 11 is 0. The largest absolute Gasteiger partial charge is 0.497 e. The van der Waals surface area contributed by atoms with E-state index in [0.717, 1.165) is 0 Å². The minimum absolute atomic E-state index is 0.213. The first kappa shape index (κ1) is 32.9. The molecule has 2 atom stereocenters. The lowest BCUT2D eigenvalue weighted by atomic mass is 9.79. The van der Waals surface area contributed by atoms with Crippen LogP contribution in [0.15, 0.2) is 110 Å². The Bertz CT molecular complexity index is 2020. The number of ether oxygens (including phenoxy) is 3. The Balaban J connectivity index is 1.74. The average Bonchev–Trinajstić information content (AvgIpc) is 3.08. The van der Waals surface area contributed by atoms with E-state index in [1.807, 2.05) is 54.6 Å². The maximum atomic E-state index is 13.0. The summed E-state index contributed by atoms with van der Waals surface area (Å²) in [5.41, 5.74) is -1.26. The molecule has 12 nitrogen and oxygen atoms in total. The van der Waals surface area contributed by atoms with Gasteiger partial charge in [-0.1, -0.05) is 54.6 Å². The number of hydrogen-bond donors (Lipinski definition) is 3. The zero-order valence-electron chi connectivity index (χ0n) is 26.4. The maximum absolute atomic E-state index is 13.0. The monoisotopic (exact) mass is 640 g/mol. The van der Waals surface area contributed by atoms with Crippen molar-refractivity contribution >= 4 is 0 Å². The van der Waals surface area contributed by atoms with E-state index in [4.69, 9.17) is 14.2 Å². The topological polar surface area (TPSA) is 158 Å². The molecule has 0 saturated heterocycles. The van der Waals surface area contributed by atoms with Gasteiger partial charge >= 0.3 is 11.4 Å². The number of aromatic nitrogens is 4. The molecule has 0 radical (unpaired) electrons. The van der Waals surface area contributed by atoms with Crippen LogP contribution in [0.3, 0.4) is 0 Å². The third kappa shape index (κ3) is 6.88. The van der Waals surface area contributed by atoms with Crippen LogP contribution in [-0.2, 0) is 23.4 Å². The van der Waals surface area contributed by atoms with Gasteiger partial charge in [0.1, 0.15) is 23.2 Å². The molecule has 0 saturated carbocycles. The van der Waals surface area contributed by atoms with E-state index < -0.39 is 40.3 Å². The number of aromatic amines is 2. The number of nitrogens with zero attached hydrogens (tertiary/aromatic N) is 2. The summed E-state index contributed by atoms with van der Waals surface area (Å²) in [7, 11) is 3.13. The van der Waals surface area contributed by atoms with E-state index in [1.54, 1.807) is 52.3 Å². The van der Waals surface area contributed by atoms with Gasteiger partial charge in [0.2, 0.25) is 0 Å². The van der Waals surface area contributed by atoms with Crippen molar-refractivity contribution in [1.82, 2.24) is 19.1 Å². The lowest BCUT2D eigenvalue weighted by molar-refractivity contribution is -0.113. The Kier molecular flexibility index (Phi) is 9.73. The Morgan fingerprint density at radius 2 is 1.09 bits per heavy atom. The molecule has 12 heteroatoms. The van der Waals surface area contributed by atoms with E-state index in [1.165, 1.54) is 21.5 Å². The molecule has 3 N–H and O–H groups in total. The van der Waals surface area contributed by atoms with Crippen molar-refractivity contribution in [3.63, 3.8) is 0 Å². The van der Waals surface area contributed by atoms with Gasteiger partial charge in [-0.05, 0) is 54.8 Å². The lowest BCUT2D eigenvalue weighted by Crippen LogP contribution is -2.47. The molecular weight excluding hydrogens is 604 g/mol. The molecule has 3 aromatic carbocycles. The Morgan fingerprint density at radius 1 is 0.660 bits per heavy atom. The number of hydrogen-bond acceptors (Lipinski definition) is 8. The van der Waals surface area contributed by atoms with E-state index in [2.05, 4.69) is 9.97 Å². The SMILES string of the molecule is COc1ccc(C(O[C@H](Cn2cc(C)c(=O)[nH]c2=O)[C@@H](O)Cn2cc(C)c(=O)[nH]c2=O)(c2ccccc2)c2ccc(OC)cc2)cc1. The molecule has 0 bridgehead atoms. The Hall–Kier alpha value is -5.46. The molecule has 2 heterocycles. The van der Waals surface area contributed by atoms with E-state index in [-0.39, 0.29) is 24.2 Å². The third-order valence-corrected chi connectivity index (χ3v) is 8.07. The number of aliphatic hydroxyl groups is 1. The zero-order valence-corrected chi connectivity index (χ0v) is 26.4. The van der Waals surface area contributed by atoms with Crippen LogP contribution in [0.5, 0.6) is 11.5 Å². The van der Waals surface area contributed by atoms with Gasteiger partial charge in [-0.2, -0.15) is 0 Å². The molecule has 0 unspecified atom stereocenters. The third-order valence-electron chi connectivity index (χ3n) is 8.07. The van der Waals surface area contributed by atoms with Crippen molar-refractivity contribution < 1.29 is 19.3 Å². The highest BCUT2D eigenvalue weighted by Crippen LogP contribution is 2.43. The number of aliphatic hydroxyl groups excluding tert-OH is 1. The van der Waals surface area contributed by atoms with Crippen LogP contribution in [0.4, 0.5) is 0 Å². The van der Waals surface area contributed by atoms with E-state index in [0.29, 0.717) is 28.2 Å². The van der Waals surface area contributed by atoms with Crippen LogP contribution < -0.4 is 32.0 Å². The van der Waals surface area contributed by atoms with Crippen LogP contribution in [-0.4, -0.2) is 50.6 Å². The molecular formula is C35H36N4O8. The highest BCUT2D eigenvalue weighted by atomic mass is 16.5. The smallest absolute Gasteiger partial charge is 0.328 e. The first-order chi connectivity index (χ1) is 22.5. The minimum atomic E-state index is -1.41. The minimum Gasteiger partial charge on any atom is -0.497 e. The van der Waals surface area contributed by atoms with Gasteiger partial charge in [-0.3, -0.25) is 28.7 Å². The molecule has 5 rings (SSSR count). The molecule has 47 heavy (non-hydrogen) atoms.